The zero-order valence-corrected chi connectivity index (χ0v) is 11.3. The molecule has 0 fully saturated rings. The zero-order chi connectivity index (χ0) is 13.1. The van der Waals surface area contributed by atoms with Crippen molar-refractivity contribution in [3.05, 3.63) is 29.3 Å². The Hall–Kier alpha value is -1.35. The zero-order valence-electron chi connectivity index (χ0n) is 11.3. The van der Waals surface area contributed by atoms with Gasteiger partial charge in [0.25, 0.3) is 0 Å². The Bertz CT molecular complexity index is 438. The van der Waals surface area contributed by atoms with Gasteiger partial charge in [0, 0.05) is 18.8 Å². The van der Waals surface area contributed by atoms with Crippen molar-refractivity contribution in [1.29, 1.82) is 0 Å². The average Bonchev–Trinajstić information content (AvgIpc) is 2.39. The molecular formula is C15H22N2O. The molecule has 1 aromatic carbocycles. The first-order chi connectivity index (χ1) is 8.67. The van der Waals surface area contributed by atoms with Crippen molar-refractivity contribution < 1.29 is 4.79 Å². The maximum absolute atomic E-state index is 12.5. The fourth-order valence-electron chi connectivity index (χ4n) is 2.62. The van der Waals surface area contributed by atoms with E-state index in [9.17, 15) is 4.79 Å². The lowest BCUT2D eigenvalue weighted by Crippen LogP contribution is -2.41. The molecule has 0 radical (unpaired) electrons. The van der Waals surface area contributed by atoms with Crippen LogP contribution in [0.15, 0.2) is 18.2 Å². The van der Waals surface area contributed by atoms with Gasteiger partial charge in [-0.25, -0.2) is 0 Å². The van der Waals surface area contributed by atoms with Gasteiger partial charge in [0.1, 0.15) is 0 Å². The first-order valence-corrected chi connectivity index (χ1v) is 6.78. The number of nitrogens with two attached hydrogens (primary N) is 1. The number of anilines is 1. The van der Waals surface area contributed by atoms with E-state index in [1.165, 1.54) is 11.1 Å². The molecule has 0 saturated carbocycles. The van der Waals surface area contributed by atoms with Gasteiger partial charge in [0.2, 0.25) is 5.91 Å². The van der Waals surface area contributed by atoms with Crippen LogP contribution in [0.4, 0.5) is 5.69 Å². The van der Waals surface area contributed by atoms with E-state index in [-0.39, 0.29) is 11.8 Å². The molecule has 1 amide bonds. The molecule has 1 atom stereocenters. The smallest absolute Gasteiger partial charge is 0.231 e. The number of carbonyl (C=O) groups is 1. The van der Waals surface area contributed by atoms with Crippen LogP contribution in [0.2, 0.25) is 0 Å². The van der Waals surface area contributed by atoms with Crippen molar-refractivity contribution in [2.75, 3.05) is 18.0 Å². The Morgan fingerprint density at radius 2 is 2.28 bits per heavy atom. The van der Waals surface area contributed by atoms with E-state index in [1.807, 2.05) is 11.8 Å². The van der Waals surface area contributed by atoms with E-state index in [0.717, 1.165) is 31.5 Å². The highest BCUT2D eigenvalue weighted by Gasteiger charge is 2.26. The third kappa shape index (κ3) is 2.41. The minimum atomic E-state index is -0.0442. The number of hydrogen-bond donors (Lipinski definition) is 1. The van der Waals surface area contributed by atoms with Crippen LogP contribution in [-0.2, 0) is 11.2 Å². The fourth-order valence-corrected chi connectivity index (χ4v) is 2.62. The third-order valence-electron chi connectivity index (χ3n) is 3.75. The summed E-state index contributed by atoms with van der Waals surface area (Å²) >= 11 is 0. The molecule has 98 valence electrons. The van der Waals surface area contributed by atoms with Gasteiger partial charge in [-0.1, -0.05) is 24.6 Å². The summed E-state index contributed by atoms with van der Waals surface area (Å²) < 4.78 is 0. The molecule has 3 nitrogen and oxygen atoms in total. The maximum atomic E-state index is 12.5. The van der Waals surface area contributed by atoms with Gasteiger partial charge in [-0.3, -0.25) is 4.79 Å². The molecule has 1 aromatic rings. The normalized spacial score (nSPS) is 16.3. The molecule has 1 aliphatic rings. The number of hydrogen-bond acceptors (Lipinski definition) is 2. The van der Waals surface area contributed by atoms with E-state index >= 15 is 0 Å². The molecule has 1 heterocycles. The Balaban J connectivity index is 2.30. The molecule has 2 rings (SSSR count). The summed E-state index contributed by atoms with van der Waals surface area (Å²) in [5.41, 5.74) is 9.33. The number of rotatable bonds is 3. The third-order valence-corrected chi connectivity index (χ3v) is 3.75. The summed E-state index contributed by atoms with van der Waals surface area (Å²) in [5.74, 6) is 0.141. The summed E-state index contributed by atoms with van der Waals surface area (Å²) in [6, 6.07) is 6.34. The Labute approximate surface area is 109 Å². The average molecular weight is 246 g/mol. The quantitative estimate of drug-likeness (QED) is 0.889. The second-order valence-electron chi connectivity index (χ2n) is 5.07. The van der Waals surface area contributed by atoms with Crippen molar-refractivity contribution in [2.24, 2.45) is 11.7 Å². The highest BCUT2D eigenvalue weighted by Crippen LogP contribution is 2.29. The largest absolute Gasteiger partial charge is 0.330 e. The molecule has 0 saturated heterocycles. The van der Waals surface area contributed by atoms with Crippen molar-refractivity contribution in [2.45, 2.75) is 33.1 Å². The number of aryl methyl sites for hydroxylation is 2. The number of nitrogens with zero attached hydrogens (tertiary/aromatic N) is 1. The number of benzene rings is 1. The Morgan fingerprint density at radius 1 is 1.50 bits per heavy atom. The molecule has 3 heteroatoms. The summed E-state index contributed by atoms with van der Waals surface area (Å²) in [6.07, 6.45) is 2.93. The van der Waals surface area contributed by atoms with E-state index in [4.69, 9.17) is 5.73 Å². The molecule has 1 unspecified atom stereocenters. The molecule has 1 aliphatic heterocycles. The van der Waals surface area contributed by atoms with Gasteiger partial charge in [-0.05, 0) is 37.8 Å². The summed E-state index contributed by atoms with van der Waals surface area (Å²) in [7, 11) is 0. The second kappa shape index (κ2) is 5.53. The number of fused-ring (bicyclic) bond motifs is 1. The van der Waals surface area contributed by atoms with Crippen LogP contribution in [0.1, 0.15) is 30.9 Å². The van der Waals surface area contributed by atoms with Crippen molar-refractivity contribution >= 4 is 11.6 Å². The first-order valence-electron chi connectivity index (χ1n) is 6.78. The monoisotopic (exact) mass is 246 g/mol. The lowest BCUT2D eigenvalue weighted by molar-refractivity contribution is -0.122. The number of carbonyl (C=O) groups excluding carboxylic acids is 1. The molecule has 0 aliphatic carbocycles. The maximum Gasteiger partial charge on any atom is 0.231 e. The summed E-state index contributed by atoms with van der Waals surface area (Å²) in [6.45, 7) is 5.38. The fraction of sp³-hybridized carbons (Fsp3) is 0.533. The highest BCUT2D eigenvalue weighted by molar-refractivity contribution is 5.96. The molecule has 2 N–H and O–H groups in total. The van der Waals surface area contributed by atoms with E-state index in [2.05, 4.69) is 25.1 Å². The SMILES string of the molecule is CCC(CN)C(=O)N1CCCc2cc(C)ccc21. The van der Waals surface area contributed by atoms with Crippen LogP contribution < -0.4 is 10.6 Å². The molecular weight excluding hydrogens is 224 g/mol. The Morgan fingerprint density at radius 3 is 2.94 bits per heavy atom. The van der Waals surface area contributed by atoms with Gasteiger partial charge in [0.15, 0.2) is 0 Å². The number of amides is 1. The van der Waals surface area contributed by atoms with Crippen molar-refractivity contribution in [3.63, 3.8) is 0 Å². The molecule has 0 spiro atoms. The van der Waals surface area contributed by atoms with Gasteiger partial charge in [-0.2, -0.15) is 0 Å². The van der Waals surface area contributed by atoms with Crippen molar-refractivity contribution in [1.82, 2.24) is 0 Å². The van der Waals surface area contributed by atoms with Gasteiger partial charge in [-0.15, -0.1) is 0 Å². The highest BCUT2D eigenvalue weighted by atomic mass is 16.2. The topological polar surface area (TPSA) is 46.3 Å². The Kier molecular flexibility index (Phi) is 4.02. The lowest BCUT2D eigenvalue weighted by atomic mass is 9.97. The standard InChI is InChI=1S/C15H22N2O/c1-3-12(10-16)15(18)17-8-4-5-13-9-11(2)6-7-14(13)17/h6-7,9,12H,3-5,8,10,16H2,1-2H3. The van der Waals surface area contributed by atoms with Gasteiger partial charge >= 0.3 is 0 Å². The van der Waals surface area contributed by atoms with Gasteiger partial charge < -0.3 is 10.6 Å². The summed E-state index contributed by atoms with van der Waals surface area (Å²) in [5, 5.41) is 0. The van der Waals surface area contributed by atoms with Crippen LogP contribution in [0.5, 0.6) is 0 Å². The minimum absolute atomic E-state index is 0.0442. The minimum Gasteiger partial charge on any atom is -0.330 e. The second-order valence-corrected chi connectivity index (χ2v) is 5.07. The van der Waals surface area contributed by atoms with E-state index in [0.29, 0.717) is 6.54 Å². The van der Waals surface area contributed by atoms with E-state index in [1.54, 1.807) is 0 Å². The van der Waals surface area contributed by atoms with Crippen LogP contribution in [0.3, 0.4) is 0 Å². The first kappa shape index (κ1) is 13.1. The van der Waals surface area contributed by atoms with Crippen LogP contribution in [-0.4, -0.2) is 19.0 Å². The predicted molar refractivity (Wildman–Crippen MR) is 74.7 cm³/mol. The van der Waals surface area contributed by atoms with Crippen molar-refractivity contribution in [3.8, 4) is 0 Å². The molecule has 18 heavy (non-hydrogen) atoms. The van der Waals surface area contributed by atoms with Crippen LogP contribution in [0, 0.1) is 12.8 Å². The lowest BCUT2D eigenvalue weighted by Gasteiger charge is -2.32. The summed E-state index contributed by atoms with van der Waals surface area (Å²) in [4.78, 5) is 14.4. The van der Waals surface area contributed by atoms with Crippen LogP contribution in [0.25, 0.3) is 0 Å². The predicted octanol–water partition coefficient (Wildman–Crippen LogP) is 2.26. The van der Waals surface area contributed by atoms with Gasteiger partial charge in [0.05, 0.1) is 5.92 Å². The van der Waals surface area contributed by atoms with Crippen LogP contribution >= 0.6 is 0 Å². The molecule has 0 bridgehead atoms. The molecule has 0 aromatic heterocycles. The van der Waals surface area contributed by atoms with E-state index < -0.39 is 0 Å².